The number of rotatable bonds is 3. The molecule has 0 spiro atoms. The molecule has 4 heteroatoms. The first kappa shape index (κ1) is 13.0. The molecular formula is C14H16NO2P. The van der Waals surface area contributed by atoms with Crippen LogP contribution >= 0.6 is 7.37 Å². The van der Waals surface area contributed by atoms with Gasteiger partial charge in [-0.25, -0.2) is 0 Å². The largest absolute Gasteiger partial charge is 0.340 e. The first-order chi connectivity index (χ1) is 8.51. The van der Waals surface area contributed by atoms with E-state index >= 15 is 0 Å². The highest BCUT2D eigenvalue weighted by Gasteiger charge is 2.30. The van der Waals surface area contributed by atoms with Crippen molar-refractivity contribution in [1.82, 2.24) is 0 Å². The molecule has 2 rings (SSSR count). The standard InChI is InChI=1S/C14H16NO2P/c1-11-7-9-12(10-8-11)14(15)18(16,17)13-5-3-2-4-6-13/h2-10,14H,15H2,1H3,(H,16,17)/t14-/m0/s1. The summed E-state index contributed by atoms with van der Waals surface area (Å²) in [6.07, 6.45) is 0. The summed E-state index contributed by atoms with van der Waals surface area (Å²) in [7, 11) is -3.60. The Balaban J connectivity index is 2.36. The molecule has 0 fully saturated rings. The van der Waals surface area contributed by atoms with Gasteiger partial charge in [-0.1, -0.05) is 48.0 Å². The van der Waals surface area contributed by atoms with Crippen molar-refractivity contribution in [2.45, 2.75) is 12.7 Å². The highest BCUT2D eigenvalue weighted by atomic mass is 31.2. The SMILES string of the molecule is Cc1ccc([C@@H](N)P(=O)(O)c2ccccc2)cc1. The van der Waals surface area contributed by atoms with Crippen LogP contribution < -0.4 is 11.0 Å². The third-order valence-electron chi connectivity index (χ3n) is 2.92. The fourth-order valence-electron chi connectivity index (χ4n) is 1.77. The molecular weight excluding hydrogens is 245 g/mol. The van der Waals surface area contributed by atoms with Gasteiger partial charge in [0.2, 0.25) is 7.37 Å². The van der Waals surface area contributed by atoms with Crippen LogP contribution in [0.5, 0.6) is 0 Å². The Kier molecular flexibility index (Phi) is 3.67. The lowest BCUT2D eigenvalue weighted by molar-refractivity contribution is 0.477. The summed E-state index contributed by atoms with van der Waals surface area (Å²) in [6.45, 7) is 1.96. The summed E-state index contributed by atoms with van der Waals surface area (Å²) in [6, 6.07) is 15.9. The Bertz CT molecular complexity index is 566. The highest BCUT2D eigenvalue weighted by Crippen LogP contribution is 2.51. The topological polar surface area (TPSA) is 63.3 Å². The zero-order valence-electron chi connectivity index (χ0n) is 10.2. The van der Waals surface area contributed by atoms with Crippen molar-refractivity contribution in [2.24, 2.45) is 5.73 Å². The lowest BCUT2D eigenvalue weighted by Crippen LogP contribution is -2.18. The molecule has 0 radical (unpaired) electrons. The Morgan fingerprint density at radius 3 is 2.17 bits per heavy atom. The average molecular weight is 261 g/mol. The zero-order chi connectivity index (χ0) is 13.2. The van der Waals surface area contributed by atoms with E-state index in [1.54, 1.807) is 42.5 Å². The first-order valence-corrected chi connectivity index (χ1v) is 7.45. The molecule has 3 nitrogen and oxygen atoms in total. The van der Waals surface area contributed by atoms with E-state index in [9.17, 15) is 9.46 Å². The highest BCUT2D eigenvalue weighted by molar-refractivity contribution is 7.66. The van der Waals surface area contributed by atoms with Crippen molar-refractivity contribution < 1.29 is 9.46 Å². The number of hydrogen-bond donors (Lipinski definition) is 2. The number of nitrogens with two attached hydrogens (primary N) is 1. The summed E-state index contributed by atoms with van der Waals surface area (Å²) >= 11 is 0. The molecule has 0 aromatic heterocycles. The van der Waals surface area contributed by atoms with Gasteiger partial charge in [-0.2, -0.15) is 0 Å². The summed E-state index contributed by atoms with van der Waals surface area (Å²) in [4.78, 5) is 10.2. The second-order valence-corrected chi connectivity index (χ2v) is 6.63. The maximum Gasteiger partial charge on any atom is 0.250 e. The van der Waals surface area contributed by atoms with Crippen molar-refractivity contribution in [3.8, 4) is 0 Å². The minimum Gasteiger partial charge on any atom is -0.340 e. The van der Waals surface area contributed by atoms with E-state index in [-0.39, 0.29) is 0 Å². The average Bonchev–Trinajstić information content (AvgIpc) is 2.40. The van der Waals surface area contributed by atoms with E-state index in [0.717, 1.165) is 5.56 Å². The van der Waals surface area contributed by atoms with Crippen molar-refractivity contribution >= 4 is 12.7 Å². The van der Waals surface area contributed by atoms with Crippen LogP contribution in [-0.4, -0.2) is 4.89 Å². The maximum absolute atomic E-state index is 12.4. The van der Waals surface area contributed by atoms with Crippen LogP contribution in [0.4, 0.5) is 0 Å². The first-order valence-electron chi connectivity index (χ1n) is 5.72. The van der Waals surface area contributed by atoms with E-state index in [1.165, 1.54) is 0 Å². The van der Waals surface area contributed by atoms with E-state index in [2.05, 4.69) is 0 Å². The minimum absolute atomic E-state index is 0.387. The van der Waals surface area contributed by atoms with Gasteiger partial charge in [-0.3, -0.25) is 4.57 Å². The zero-order valence-corrected chi connectivity index (χ0v) is 11.0. The van der Waals surface area contributed by atoms with Crippen molar-refractivity contribution in [3.63, 3.8) is 0 Å². The molecule has 0 amide bonds. The van der Waals surface area contributed by atoms with Gasteiger partial charge in [0.25, 0.3) is 0 Å². The molecule has 94 valence electrons. The molecule has 0 aliphatic carbocycles. The van der Waals surface area contributed by atoms with Crippen LogP contribution in [0.3, 0.4) is 0 Å². The summed E-state index contributed by atoms with van der Waals surface area (Å²) in [5.41, 5.74) is 7.71. The molecule has 0 saturated carbocycles. The van der Waals surface area contributed by atoms with Gasteiger partial charge in [-0.05, 0) is 24.6 Å². The lowest BCUT2D eigenvalue weighted by Gasteiger charge is -2.20. The smallest absolute Gasteiger partial charge is 0.250 e. The maximum atomic E-state index is 12.4. The Hall–Kier alpha value is -1.41. The van der Waals surface area contributed by atoms with Gasteiger partial charge in [0.15, 0.2) is 0 Å². The normalized spacial score (nSPS) is 15.9. The van der Waals surface area contributed by atoms with Gasteiger partial charge in [-0.15, -0.1) is 0 Å². The molecule has 2 aromatic carbocycles. The van der Waals surface area contributed by atoms with Crippen molar-refractivity contribution in [2.75, 3.05) is 0 Å². The molecule has 0 aliphatic heterocycles. The van der Waals surface area contributed by atoms with Crippen molar-refractivity contribution in [3.05, 3.63) is 65.7 Å². The van der Waals surface area contributed by atoms with Crippen LogP contribution in [0.25, 0.3) is 0 Å². The molecule has 0 saturated heterocycles. The van der Waals surface area contributed by atoms with Crippen LogP contribution in [0.2, 0.25) is 0 Å². The van der Waals surface area contributed by atoms with E-state index in [0.29, 0.717) is 10.9 Å². The Labute approximate surface area is 107 Å². The molecule has 0 aliphatic rings. The van der Waals surface area contributed by atoms with Crippen LogP contribution in [0.15, 0.2) is 54.6 Å². The molecule has 0 heterocycles. The monoisotopic (exact) mass is 261 g/mol. The molecule has 18 heavy (non-hydrogen) atoms. The van der Waals surface area contributed by atoms with Gasteiger partial charge in [0, 0.05) is 5.30 Å². The summed E-state index contributed by atoms with van der Waals surface area (Å²) in [5, 5.41) is 0.387. The fourth-order valence-corrected chi connectivity index (χ4v) is 3.26. The van der Waals surface area contributed by atoms with Gasteiger partial charge >= 0.3 is 0 Å². The van der Waals surface area contributed by atoms with Crippen molar-refractivity contribution in [1.29, 1.82) is 0 Å². The number of aryl methyl sites for hydroxylation is 1. The molecule has 2 aromatic rings. The quantitative estimate of drug-likeness (QED) is 0.834. The predicted octanol–water partition coefficient (Wildman–Crippen LogP) is 2.55. The number of hydrogen-bond acceptors (Lipinski definition) is 2. The van der Waals surface area contributed by atoms with E-state index in [4.69, 9.17) is 5.73 Å². The van der Waals surface area contributed by atoms with Crippen LogP contribution in [0.1, 0.15) is 16.9 Å². The third kappa shape index (κ3) is 2.54. The number of benzene rings is 2. The van der Waals surface area contributed by atoms with E-state index in [1.807, 2.05) is 19.1 Å². The Morgan fingerprint density at radius 1 is 1.06 bits per heavy atom. The lowest BCUT2D eigenvalue weighted by atomic mass is 10.1. The minimum atomic E-state index is -3.60. The fraction of sp³-hybridized carbons (Fsp3) is 0.143. The van der Waals surface area contributed by atoms with Gasteiger partial charge < -0.3 is 10.6 Å². The Morgan fingerprint density at radius 2 is 1.61 bits per heavy atom. The van der Waals surface area contributed by atoms with E-state index < -0.39 is 13.2 Å². The third-order valence-corrected chi connectivity index (χ3v) is 5.01. The second-order valence-electron chi connectivity index (χ2n) is 4.31. The summed E-state index contributed by atoms with van der Waals surface area (Å²) in [5.74, 6) is -0.888. The molecule has 2 atom stereocenters. The molecule has 0 bridgehead atoms. The predicted molar refractivity (Wildman–Crippen MR) is 74.0 cm³/mol. The van der Waals surface area contributed by atoms with Gasteiger partial charge in [0.1, 0.15) is 5.78 Å². The second kappa shape index (κ2) is 5.07. The summed E-state index contributed by atoms with van der Waals surface area (Å²) < 4.78 is 12.4. The van der Waals surface area contributed by atoms with Crippen LogP contribution in [0, 0.1) is 6.92 Å². The van der Waals surface area contributed by atoms with Gasteiger partial charge in [0.05, 0.1) is 0 Å². The molecule has 3 N–H and O–H groups in total. The van der Waals surface area contributed by atoms with Crippen LogP contribution in [-0.2, 0) is 4.57 Å². The molecule has 1 unspecified atom stereocenters.